The second-order valence-electron chi connectivity index (χ2n) is 11.1. The Morgan fingerprint density at radius 2 is 1.97 bits per heavy atom. The highest BCUT2D eigenvalue weighted by Crippen LogP contribution is 2.42. The number of nitrogens with two attached hydrogens (primary N) is 1. The topological polar surface area (TPSA) is 124 Å². The lowest BCUT2D eigenvalue weighted by Crippen LogP contribution is -2.58. The number of rotatable bonds is 3. The molecule has 34 heavy (non-hydrogen) atoms. The monoisotopic (exact) mass is 474 g/mol. The molecule has 1 aromatic heterocycles. The first-order chi connectivity index (χ1) is 16.0. The second kappa shape index (κ2) is 9.09. The van der Waals surface area contributed by atoms with Gasteiger partial charge in [-0.05, 0) is 54.1 Å². The number of aromatic nitrogens is 2. The van der Waals surface area contributed by atoms with Crippen molar-refractivity contribution in [2.75, 3.05) is 62.7 Å². The van der Waals surface area contributed by atoms with Crippen LogP contribution in [0, 0.1) is 5.41 Å². The van der Waals surface area contributed by atoms with E-state index >= 15 is 0 Å². The van der Waals surface area contributed by atoms with Gasteiger partial charge in [-0.15, -0.1) is 0 Å². The lowest BCUT2D eigenvalue weighted by Gasteiger charge is -2.48. The molecule has 0 unspecified atom stereocenters. The largest absolute Gasteiger partial charge is 0.444 e. The molecule has 3 fully saturated rings. The van der Waals surface area contributed by atoms with E-state index in [1.165, 1.54) is 0 Å². The quantitative estimate of drug-likeness (QED) is 0.291. The fourth-order valence-electron chi connectivity index (χ4n) is 5.17. The van der Waals surface area contributed by atoms with Crippen LogP contribution in [0.5, 0.6) is 0 Å². The minimum absolute atomic E-state index is 0.0308. The summed E-state index contributed by atoms with van der Waals surface area (Å²) < 4.78 is 5.55. The maximum absolute atomic E-state index is 12.5. The summed E-state index contributed by atoms with van der Waals surface area (Å²) >= 11 is 0. The van der Waals surface area contributed by atoms with Gasteiger partial charge >= 0.3 is 6.09 Å². The van der Waals surface area contributed by atoms with Crippen molar-refractivity contribution in [3.63, 3.8) is 0 Å². The molecule has 1 atom stereocenters. The van der Waals surface area contributed by atoms with Crippen LogP contribution in [0.15, 0.2) is 11.2 Å². The van der Waals surface area contributed by atoms with Crippen LogP contribution < -0.4 is 15.5 Å². The van der Waals surface area contributed by atoms with Crippen molar-refractivity contribution in [1.29, 1.82) is 0 Å². The molecule has 1 aromatic rings. The van der Waals surface area contributed by atoms with E-state index in [9.17, 15) is 10.0 Å². The third-order valence-electron chi connectivity index (χ3n) is 6.84. The highest BCUT2D eigenvalue weighted by Gasteiger charge is 2.50. The van der Waals surface area contributed by atoms with Crippen LogP contribution in [0.2, 0.25) is 0 Å². The number of likely N-dealkylation sites (tertiary alicyclic amines) is 1. The predicted octanol–water partition coefficient (Wildman–Crippen LogP) is 1.55. The Hall–Kier alpha value is -2.82. The molecule has 11 nitrogen and oxygen atoms in total. The SMILES string of the molecule is C[C@H]1CN(C)CCCN1c1nc(/C(N)=N/O)cc(N2CC3(CCN(C(=O)OC(C)(C)C)C3)C2)n1. The van der Waals surface area contributed by atoms with Crippen molar-refractivity contribution >= 4 is 23.7 Å². The molecule has 0 bridgehead atoms. The summed E-state index contributed by atoms with van der Waals surface area (Å²) in [4.78, 5) is 30.5. The normalized spacial score (nSPS) is 23.7. The molecule has 11 heteroatoms. The molecule has 3 N–H and O–H groups in total. The highest BCUT2D eigenvalue weighted by molar-refractivity contribution is 5.96. The molecule has 4 rings (SSSR count). The Kier molecular flexibility index (Phi) is 6.50. The molecule has 3 aliphatic rings. The molecule has 0 radical (unpaired) electrons. The van der Waals surface area contributed by atoms with Gasteiger partial charge in [0.1, 0.15) is 17.1 Å². The minimum Gasteiger partial charge on any atom is -0.444 e. The van der Waals surface area contributed by atoms with E-state index in [2.05, 4.69) is 38.8 Å². The molecule has 0 aromatic carbocycles. The molecule has 0 saturated carbocycles. The molecular weight excluding hydrogens is 436 g/mol. The van der Waals surface area contributed by atoms with Gasteiger partial charge in [-0.3, -0.25) is 0 Å². The fourth-order valence-corrected chi connectivity index (χ4v) is 5.17. The van der Waals surface area contributed by atoms with Gasteiger partial charge in [0.05, 0.1) is 0 Å². The molecule has 3 aliphatic heterocycles. The molecule has 3 saturated heterocycles. The van der Waals surface area contributed by atoms with E-state index in [1.54, 1.807) is 6.07 Å². The maximum atomic E-state index is 12.5. The van der Waals surface area contributed by atoms with Crippen molar-refractivity contribution in [3.05, 3.63) is 11.8 Å². The van der Waals surface area contributed by atoms with Gasteiger partial charge in [0.25, 0.3) is 0 Å². The average molecular weight is 475 g/mol. The van der Waals surface area contributed by atoms with E-state index < -0.39 is 5.60 Å². The van der Waals surface area contributed by atoms with Crippen LogP contribution in [0.3, 0.4) is 0 Å². The van der Waals surface area contributed by atoms with Crippen LogP contribution >= 0.6 is 0 Å². The number of ether oxygens (including phenoxy) is 1. The van der Waals surface area contributed by atoms with Crippen molar-refractivity contribution < 1.29 is 14.7 Å². The van der Waals surface area contributed by atoms with E-state index in [0.29, 0.717) is 24.7 Å². The number of likely N-dealkylation sites (N-methyl/N-ethyl adjacent to an activating group) is 1. The zero-order valence-electron chi connectivity index (χ0n) is 21.0. The predicted molar refractivity (Wildman–Crippen MR) is 131 cm³/mol. The zero-order valence-corrected chi connectivity index (χ0v) is 21.0. The summed E-state index contributed by atoms with van der Waals surface area (Å²) in [5, 5.41) is 12.4. The molecule has 188 valence electrons. The number of carbonyl (C=O) groups excluding carboxylic acids is 1. The lowest BCUT2D eigenvalue weighted by atomic mass is 9.79. The third kappa shape index (κ3) is 5.13. The molecule has 1 spiro atoms. The van der Waals surface area contributed by atoms with Crippen LogP contribution in [-0.2, 0) is 4.74 Å². The molecule has 1 amide bonds. The lowest BCUT2D eigenvalue weighted by molar-refractivity contribution is 0.0265. The summed E-state index contributed by atoms with van der Waals surface area (Å²) in [6, 6.07) is 2.02. The van der Waals surface area contributed by atoms with E-state index in [1.807, 2.05) is 25.7 Å². The molecular formula is C23H38N8O3. The first-order valence-electron chi connectivity index (χ1n) is 12.0. The number of amides is 1. The smallest absolute Gasteiger partial charge is 0.410 e. The van der Waals surface area contributed by atoms with Crippen molar-refractivity contribution in [1.82, 2.24) is 19.8 Å². The number of amidine groups is 1. The Bertz CT molecular complexity index is 941. The number of carbonyl (C=O) groups is 1. The Labute approximate surface area is 201 Å². The number of oxime groups is 1. The van der Waals surface area contributed by atoms with Crippen LogP contribution in [0.25, 0.3) is 0 Å². The minimum atomic E-state index is -0.500. The number of hydrogen-bond donors (Lipinski definition) is 2. The van der Waals surface area contributed by atoms with E-state index in [4.69, 9.17) is 15.5 Å². The standard InChI is InChI=1S/C23H38N8O3/c1-16-12-28(5)8-6-9-31(16)20-25-17(19(24)27-33)11-18(26-20)30-14-23(15-30)7-10-29(13-23)21(32)34-22(2,3)4/h11,16,33H,6-10,12-15H2,1-5H3,(H2,24,27)/t16-/m0/s1. The van der Waals surface area contributed by atoms with Crippen molar-refractivity contribution in [2.24, 2.45) is 16.3 Å². The first-order valence-corrected chi connectivity index (χ1v) is 12.0. The summed E-state index contributed by atoms with van der Waals surface area (Å²) in [6.07, 6.45) is 1.70. The van der Waals surface area contributed by atoms with Gasteiger partial charge in [-0.2, -0.15) is 4.98 Å². The summed E-state index contributed by atoms with van der Waals surface area (Å²) in [5.74, 6) is 1.33. The van der Waals surface area contributed by atoms with Gasteiger partial charge < -0.3 is 35.3 Å². The van der Waals surface area contributed by atoms with E-state index in [0.717, 1.165) is 51.4 Å². The number of hydrogen-bond acceptors (Lipinski definition) is 9. The number of nitrogens with zero attached hydrogens (tertiary/aromatic N) is 7. The van der Waals surface area contributed by atoms with Crippen LogP contribution in [-0.4, -0.2) is 101 Å². The zero-order chi connectivity index (χ0) is 24.7. The summed E-state index contributed by atoms with van der Waals surface area (Å²) in [7, 11) is 2.13. The van der Waals surface area contributed by atoms with Gasteiger partial charge in [0.2, 0.25) is 5.95 Å². The van der Waals surface area contributed by atoms with E-state index in [-0.39, 0.29) is 23.4 Å². The van der Waals surface area contributed by atoms with Gasteiger partial charge in [-0.25, -0.2) is 9.78 Å². The summed E-state index contributed by atoms with van der Waals surface area (Å²) in [5.41, 5.74) is 5.88. The Morgan fingerprint density at radius 1 is 1.24 bits per heavy atom. The first kappa shape index (κ1) is 24.3. The van der Waals surface area contributed by atoms with Crippen molar-refractivity contribution in [2.45, 2.75) is 52.2 Å². The van der Waals surface area contributed by atoms with Gasteiger partial charge in [0, 0.05) is 56.8 Å². The van der Waals surface area contributed by atoms with Crippen LogP contribution in [0.1, 0.15) is 46.2 Å². The second-order valence-corrected chi connectivity index (χ2v) is 11.1. The molecule has 4 heterocycles. The summed E-state index contributed by atoms with van der Waals surface area (Å²) in [6.45, 7) is 13.6. The van der Waals surface area contributed by atoms with Crippen molar-refractivity contribution in [3.8, 4) is 0 Å². The van der Waals surface area contributed by atoms with Gasteiger partial charge in [-0.1, -0.05) is 5.16 Å². The third-order valence-corrected chi connectivity index (χ3v) is 6.84. The highest BCUT2D eigenvalue weighted by atomic mass is 16.6. The van der Waals surface area contributed by atoms with Gasteiger partial charge in [0.15, 0.2) is 5.84 Å². The average Bonchev–Trinajstić information content (AvgIpc) is 3.12. The Morgan fingerprint density at radius 3 is 2.65 bits per heavy atom. The van der Waals surface area contributed by atoms with Crippen LogP contribution in [0.4, 0.5) is 16.6 Å². The fraction of sp³-hybridized carbons (Fsp3) is 0.739. The Balaban J connectivity index is 1.51. The number of anilines is 2. The maximum Gasteiger partial charge on any atom is 0.410 e. The molecule has 0 aliphatic carbocycles.